The van der Waals surface area contributed by atoms with Gasteiger partial charge >= 0.3 is 5.97 Å². The maximum atomic E-state index is 13.9. The number of halogens is 1. The molecule has 13 atom stereocenters. The number of phenolic OH excluding ortho intramolecular Hbond substituents is 1. The number of aryl methyl sites for hydroxylation is 1. The number of hydrogen-bond acceptors (Lipinski definition) is 19. The normalized spacial score (nSPS) is 20.2. The molecule has 2 aliphatic rings. The van der Waals surface area contributed by atoms with Crippen molar-refractivity contribution >= 4 is 104 Å². The summed E-state index contributed by atoms with van der Waals surface area (Å²) < 4.78 is 0. The first-order valence-corrected chi connectivity index (χ1v) is 44.1. The van der Waals surface area contributed by atoms with E-state index in [0.717, 1.165) is 41.8 Å². The monoisotopic (exact) mass is 1690 g/mol. The smallest absolute Gasteiger partial charge is 0.305 e. The number of nitrogens with zero attached hydrogens (tertiary/aromatic N) is 3. The zero-order valence-electron chi connectivity index (χ0n) is 71.8. The number of rotatable bonds is 33. The summed E-state index contributed by atoms with van der Waals surface area (Å²) in [7, 11) is 4.23. The molecule has 26 nitrogen and oxygen atoms in total. The van der Waals surface area contributed by atoms with Crippen molar-refractivity contribution in [1.82, 2.24) is 56.7 Å². The molecule has 2 fully saturated rings. The van der Waals surface area contributed by atoms with E-state index < -0.39 is 103 Å². The number of nitrogens with one attached hydrogen (secondary N) is 8. The van der Waals surface area contributed by atoms with Crippen LogP contribution in [-0.2, 0) is 96.2 Å². The van der Waals surface area contributed by atoms with Crippen molar-refractivity contribution in [1.29, 1.82) is 0 Å². The molecule has 2 unspecified atom stereocenters. The zero-order valence-corrected chi connectivity index (χ0v) is 74.2. The Kier molecular flexibility index (Phi) is 41.7. The lowest BCUT2D eigenvalue weighted by atomic mass is 9.85. The number of phenols is 1. The number of Topliss-reactive ketones (excluding diaryl/α,β-unsaturated/α-hetero) is 5. The second-order valence-electron chi connectivity index (χ2n) is 34.8. The largest absolute Gasteiger partial charge is 0.506 e. The fourth-order valence-corrected chi connectivity index (χ4v) is 17.0. The van der Waals surface area contributed by atoms with Gasteiger partial charge < -0.3 is 62.1 Å². The predicted molar refractivity (Wildman–Crippen MR) is 462 cm³/mol. The van der Waals surface area contributed by atoms with Gasteiger partial charge in [0, 0.05) is 135 Å². The first-order chi connectivity index (χ1) is 55.5. The first kappa shape index (κ1) is 100.0. The van der Waals surface area contributed by atoms with Crippen molar-refractivity contribution in [2.45, 2.75) is 267 Å². The molecule has 2 aromatic heterocycles. The van der Waals surface area contributed by atoms with Gasteiger partial charge in [-0.25, -0.2) is 9.97 Å². The van der Waals surface area contributed by atoms with E-state index in [0.29, 0.717) is 49.6 Å². The number of aromatic hydroxyl groups is 1. The second kappa shape index (κ2) is 49.2. The van der Waals surface area contributed by atoms with Crippen molar-refractivity contribution in [2.75, 3.05) is 19.3 Å². The van der Waals surface area contributed by atoms with Crippen LogP contribution in [0.4, 0.5) is 0 Å². The van der Waals surface area contributed by atoms with Gasteiger partial charge in [-0.05, 0) is 130 Å². The fraction of sp³-hybridized carbons (Fsp3) is 0.596. The van der Waals surface area contributed by atoms with Crippen LogP contribution in [0.2, 0.25) is 5.02 Å². The molecule has 29 heteroatoms. The number of aromatic amines is 2. The summed E-state index contributed by atoms with van der Waals surface area (Å²) in [5.74, 6) is -8.08. The third-order valence-electron chi connectivity index (χ3n) is 21.0. The van der Waals surface area contributed by atoms with Crippen molar-refractivity contribution in [3.05, 3.63) is 137 Å². The average Bonchev–Trinajstić information content (AvgIpc) is 1.64. The van der Waals surface area contributed by atoms with E-state index in [-0.39, 0.29) is 143 Å². The minimum absolute atomic E-state index is 0.00222. The van der Waals surface area contributed by atoms with Gasteiger partial charge in [0.2, 0.25) is 35.4 Å². The van der Waals surface area contributed by atoms with Gasteiger partial charge in [-0.2, -0.15) is 0 Å². The van der Waals surface area contributed by atoms with Crippen LogP contribution in [0.5, 0.6) is 5.75 Å². The van der Waals surface area contributed by atoms with E-state index in [1.54, 1.807) is 32.1 Å². The number of amides is 6. The highest BCUT2D eigenvalue weighted by atomic mass is 35.5. The van der Waals surface area contributed by atoms with Gasteiger partial charge in [-0.1, -0.05) is 176 Å². The number of carbonyl (C=O) groups is 12. The maximum absolute atomic E-state index is 13.9. The first-order valence-electron chi connectivity index (χ1n) is 41.4. The van der Waals surface area contributed by atoms with Gasteiger partial charge in [0.05, 0.1) is 66.3 Å². The average molecular weight is 1690 g/mol. The minimum Gasteiger partial charge on any atom is -0.506 e. The molecule has 0 spiro atoms. The van der Waals surface area contributed by atoms with Crippen molar-refractivity contribution in [2.24, 2.45) is 52.8 Å². The van der Waals surface area contributed by atoms with E-state index in [9.17, 15) is 72.9 Å². The van der Waals surface area contributed by atoms with E-state index in [1.807, 2.05) is 92.6 Å². The third kappa shape index (κ3) is 35.8. The molecule has 650 valence electrons. The maximum Gasteiger partial charge on any atom is 0.305 e. The number of aliphatic hydroxyl groups is 1. The van der Waals surface area contributed by atoms with Gasteiger partial charge in [-0.15, -0.1) is 0 Å². The molecule has 11 N–H and O–H groups in total. The number of H-pyrrole nitrogens is 2. The highest BCUT2D eigenvalue weighted by Gasteiger charge is 2.42. The molecule has 0 saturated carbocycles. The summed E-state index contributed by atoms with van der Waals surface area (Å²) in [4.78, 5) is 174. The van der Waals surface area contributed by atoms with Gasteiger partial charge in [0.1, 0.15) is 5.75 Å². The molecule has 2 saturated heterocycles. The number of hydrogen-bond donors (Lipinski definition) is 11. The number of ketones is 5. The Labute approximate surface area is 710 Å². The Morgan fingerprint density at radius 3 is 1.85 bits per heavy atom. The van der Waals surface area contributed by atoms with Crippen molar-refractivity contribution < 1.29 is 72.9 Å². The number of benzene rings is 3. The lowest BCUT2D eigenvalue weighted by Crippen LogP contribution is -2.49. The number of aliphatic carboxylic acids is 1. The van der Waals surface area contributed by atoms with Crippen LogP contribution in [0.3, 0.4) is 0 Å². The number of aliphatic hydroxyl groups excluding tert-OH is 1. The lowest BCUT2D eigenvalue weighted by Gasteiger charge is -2.29. The van der Waals surface area contributed by atoms with Crippen molar-refractivity contribution in [3.8, 4) is 5.75 Å². The predicted octanol–water partition coefficient (Wildman–Crippen LogP) is 11.7. The molecule has 0 radical (unpaired) electrons. The molecule has 0 bridgehead atoms. The Morgan fingerprint density at radius 1 is 0.695 bits per heavy atom. The van der Waals surface area contributed by atoms with E-state index >= 15 is 0 Å². The van der Waals surface area contributed by atoms with E-state index in [4.69, 9.17) is 11.6 Å². The van der Waals surface area contributed by atoms with Crippen LogP contribution < -0.4 is 31.9 Å². The second-order valence-corrected chi connectivity index (χ2v) is 38.0. The number of fused-ring (bicyclic) bond motifs is 1. The molecule has 3 aromatic carbocycles. The van der Waals surface area contributed by atoms with Crippen molar-refractivity contribution in [3.63, 3.8) is 0 Å². The molecule has 2 aliphatic heterocycles. The zero-order chi connectivity index (χ0) is 87.7. The molecule has 5 aromatic rings. The molecule has 6 amide bonds. The Bertz CT molecular complexity index is 4060. The fourth-order valence-electron chi connectivity index (χ4n) is 14.3. The van der Waals surface area contributed by atoms with Crippen LogP contribution >= 0.6 is 33.2 Å². The van der Waals surface area contributed by atoms with Crippen LogP contribution in [0, 0.1) is 52.8 Å². The van der Waals surface area contributed by atoms with Crippen LogP contribution in [0.1, 0.15) is 215 Å². The summed E-state index contributed by atoms with van der Waals surface area (Å²) in [5.41, 5.74) is 5.73. The Hall–Kier alpha value is -8.57. The molecule has 4 heterocycles. The number of carboxylic acids is 1. The SMILES string of the molecule is CC(=O)[C@@H]1CSSC(C)CC(=O)N2C[C@H](O)C[C@H]2C(=O)C[C@@H](Cc2ccc(O)c(Cl)c2)C(=O)N[C@@H](CC(=O)O)C(=O)C[C@@H](CC(C)C)C(=O)N1.CCC(C)[C@H](NC(=O)[C@@H](CC)Cc1cnc[nH]1)C(=O)C[C@@H](CC(C)C)C(=O)NCc1ccc(CCC(C)(C)C)cc1.CNC(=O)[C@@H](CC(=O)[C@H](Cc1ccccc1)NC(C)(C)C)Cc1cnc[nH]1. The van der Waals surface area contributed by atoms with Crippen LogP contribution in [0.25, 0.3) is 0 Å². The highest BCUT2D eigenvalue weighted by Crippen LogP contribution is 2.34. The standard InChI is InChI=1S/C34H46ClN3O10S2.C34H54N4O3.C21H30N4O2/c1-17(2)7-21-11-29(42)25(14-32(45)46)36-34(48)22(9-20-5-6-28(41)24(35)10-20)12-30(43)27-13-23(40)15-38(27)31(44)8-18(3)50-49-16-26(19(4)39)37-33(21)47;1-9-24(5)31(38-33(41)27(10-2)18-29-21-35-22-37-29)30(39)19-28(17-23(3)4)32(40)36-20-26-13-11-25(12-14-26)15-16-34(6,7)8;1-21(2,3)25-18(10-15-8-6-5-7-9-15)19(26)12-16(20(27)22-4)11-17-13-23-14-24-17/h5-6,10,17-18,21-23,25-27,40-41H,7-9,11-16H2,1-4H3,(H,36,48)(H,37,47)(H,45,46);11-14,21-24,27-28,31H,9-10,15-20H2,1-8H3,(H,35,37)(H,36,40)(H,38,41);5-9,13-14,16,18,25H,10-12H2,1-4H3,(H,22,27)(H,23,24)/t18?,21-,22-,23-,25+,26+,27+;24?,27-,28+,31-;16-,18+/m101/s1. The summed E-state index contributed by atoms with van der Waals surface area (Å²) in [6.07, 6.45) is 10.2. The molecule has 118 heavy (non-hydrogen) atoms. The summed E-state index contributed by atoms with van der Waals surface area (Å²) in [6.45, 7) is 30.2. The third-order valence-corrected chi connectivity index (χ3v) is 24.2. The van der Waals surface area contributed by atoms with Gasteiger partial charge in [0.15, 0.2) is 28.9 Å². The molecular formula is C89H130ClN11O15S2. The lowest BCUT2D eigenvalue weighted by molar-refractivity contribution is -0.141. The van der Waals surface area contributed by atoms with E-state index in [1.165, 1.54) is 57.2 Å². The Morgan fingerprint density at radius 2 is 1.30 bits per heavy atom. The number of imidazole rings is 2. The quantitative estimate of drug-likeness (QED) is 0.0174. The number of carboxylic acid groups (broad SMARTS) is 1. The summed E-state index contributed by atoms with van der Waals surface area (Å²) in [6, 6.07) is 18.2. The topological polar surface area (TPSA) is 398 Å². The van der Waals surface area contributed by atoms with Crippen LogP contribution in [0.15, 0.2) is 97.8 Å². The minimum atomic E-state index is -1.54. The van der Waals surface area contributed by atoms with Gasteiger partial charge in [0.25, 0.3) is 0 Å². The van der Waals surface area contributed by atoms with Gasteiger partial charge in [-0.3, -0.25) is 57.5 Å². The molecule has 7 rings (SSSR count). The number of carbonyl (C=O) groups excluding carboxylic acids is 11. The van der Waals surface area contributed by atoms with Crippen LogP contribution in [-0.4, -0.2) is 177 Å². The highest BCUT2D eigenvalue weighted by molar-refractivity contribution is 8.77. The molecular weight excluding hydrogens is 1560 g/mol. The molecule has 0 aliphatic carbocycles. The Balaban J connectivity index is 0.000000329. The van der Waals surface area contributed by atoms with E-state index in [2.05, 4.69) is 111 Å². The summed E-state index contributed by atoms with van der Waals surface area (Å²) in [5, 5.41) is 47.3. The number of aromatic nitrogens is 4. The summed E-state index contributed by atoms with van der Waals surface area (Å²) >= 11 is 6.10.